The number of phenols is 2. The van der Waals surface area contributed by atoms with E-state index in [1.165, 1.54) is 0 Å². The Labute approximate surface area is 276 Å². The normalized spacial score (nSPS) is 10.7. The minimum Gasteiger partial charge on any atom is -0.507 e. The summed E-state index contributed by atoms with van der Waals surface area (Å²) in [5.41, 5.74) is 8.13. The summed E-state index contributed by atoms with van der Waals surface area (Å²) in [4.78, 5) is 9.09. The molecular formula is C38H26N2O3SZn. The molecule has 6 aromatic carbocycles. The molecule has 0 aliphatic rings. The topological polar surface area (TPSA) is 79.4 Å². The van der Waals surface area contributed by atoms with E-state index in [1.807, 2.05) is 115 Å². The molecule has 0 aliphatic carbocycles. The van der Waals surface area contributed by atoms with E-state index in [-0.39, 0.29) is 31.0 Å². The Morgan fingerprint density at radius 2 is 1.02 bits per heavy atom. The minimum absolute atomic E-state index is 0. The smallest absolute Gasteiger partial charge is 0.231 e. The zero-order valence-electron chi connectivity index (χ0n) is 24.2. The van der Waals surface area contributed by atoms with Crippen molar-refractivity contribution in [3.8, 4) is 55.8 Å². The predicted molar refractivity (Wildman–Crippen MR) is 179 cm³/mol. The van der Waals surface area contributed by atoms with Gasteiger partial charge in [0.15, 0.2) is 5.58 Å². The van der Waals surface area contributed by atoms with Gasteiger partial charge in [0.1, 0.15) is 22.0 Å². The Morgan fingerprint density at radius 1 is 0.489 bits per heavy atom. The third kappa shape index (κ3) is 6.41. The van der Waals surface area contributed by atoms with Crippen LogP contribution < -0.4 is 0 Å². The van der Waals surface area contributed by atoms with Crippen LogP contribution in [0.1, 0.15) is 0 Å². The number of fused-ring (bicyclic) bond motifs is 2. The molecule has 0 radical (unpaired) electrons. The molecule has 0 bridgehead atoms. The van der Waals surface area contributed by atoms with Crippen molar-refractivity contribution in [1.29, 1.82) is 0 Å². The zero-order valence-corrected chi connectivity index (χ0v) is 28.0. The number of aromatic nitrogens is 2. The van der Waals surface area contributed by atoms with Crippen LogP contribution in [0.3, 0.4) is 0 Å². The first-order chi connectivity index (χ1) is 21.6. The van der Waals surface area contributed by atoms with Crippen LogP contribution in [0.25, 0.3) is 65.6 Å². The van der Waals surface area contributed by atoms with Gasteiger partial charge in [-0.15, -0.1) is 11.3 Å². The van der Waals surface area contributed by atoms with Gasteiger partial charge >= 0.3 is 0 Å². The van der Waals surface area contributed by atoms with E-state index in [2.05, 4.69) is 28.2 Å². The van der Waals surface area contributed by atoms with Crippen molar-refractivity contribution in [2.75, 3.05) is 0 Å². The van der Waals surface area contributed by atoms with Crippen LogP contribution in [0.4, 0.5) is 0 Å². The Kier molecular flexibility index (Phi) is 8.83. The summed E-state index contributed by atoms with van der Waals surface area (Å²) in [7, 11) is 0. The number of thiazole rings is 1. The zero-order chi connectivity index (χ0) is 29.9. The quantitative estimate of drug-likeness (QED) is 0.185. The van der Waals surface area contributed by atoms with Crippen molar-refractivity contribution < 1.29 is 34.1 Å². The van der Waals surface area contributed by atoms with Crippen LogP contribution in [0.2, 0.25) is 0 Å². The fraction of sp³-hybridized carbons (Fsp3) is 0. The van der Waals surface area contributed by atoms with Crippen LogP contribution in [0.5, 0.6) is 11.5 Å². The number of nitrogens with zero attached hydrogens (tertiary/aromatic N) is 2. The first kappa shape index (κ1) is 30.0. The van der Waals surface area contributed by atoms with Gasteiger partial charge in [0.2, 0.25) is 5.89 Å². The molecular weight excluding hydrogens is 630 g/mol. The number of benzene rings is 6. The largest absolute Gasteiger partial charge is 0.507 e. The van der Waals surface area contributed by atoms with E-state index in [4.69, 9.17) is 4.42 Å². The molecule has 8 rings (SSSR count). The molecule has 2 aromatic heterocycles. The first-order valence-corrected chi connectivity index (χ1v) is 14.9. The second kappa shape index (κ2) is 13.3. The van der Waals surface area contributed by atoms with Gasteiger partial charge in [-0.2, -0.15) is 0 Å². The van der Waals surface area contributed by atoms with E-state index in [1.54, 1.807) is 23.5 Å². The number of aromatic hydroxyl groups is 2. The predicted octanol–water partition coefficient (Wildman–Crippen LogP) is 10.2. The Morgan fingerprint density at radius 3 is 1.64 bits per heavy atom. The molecule has 8 aromatic rings. The third-order valence-electron chi connectivity index (χ3n) is 7.26. The van der Waals surface area contributed by atoms with Crippen molar-refractivity contribution in [3.05, 3.63) is 146 Å². The Bertz CT molecular complexity index is 1990. The van der Waals surface area contributed by atoms with E-state index in [0.29, 0.717) is 17.0 Å². The van der Waals surface area contributed by atoms with Crippen LogP contribution in [0, 0.1) is 0 Å². The number of phenolic OH excluding ortho intramolecular Hbond substituents is 2. The standard InChI is InChI=1S/C19H13NO2.C19H13NOS.Zn/c2*21-17-11-10-14(13-6-2-1-3-7-13)12-15(17)19-20-16-8-4-5-9-18(16)22-19;/h2*1-12,21H;. The van der Waals surface area contributed by atoms with Crippen LogP contribution in [-0.4, -0.2) is 20.2 Å². The van der Waals surface area contributed by atoms with Gasteiger partial charge in [0.25, 0.3) is 0 Å². The molecule has 2 N–H and O–H groups in total. The van der Waals surface area contributed by atoms with Crippen molar-refractivity contribution in [3.63, 3.8) is 0 Å². The minimum atomic E-state index is 0. The number of hydrogen-bond acceptors (Lipinski definition) is 6. The number of oxazole rings is 1. The maximum atomic E-state index is 10.2. The summed E-state index contributed by atoms with van der Waals surface area (Å²) in [5, 5.41) is 21.2. The molecule has 5 nitrogen and oxygen atoms in total. The maximum Gasteiger partial charge on any atom is 0.231 e. The number of hydrogen-bond donors (Lipinski definition) is 2. The Balaban J connectivity index is 0.000000155. The molecule has 0 aliphatic heterocycles. The summed E-state index contributed by atoms with van der Waals surface area (Å²) in [6.07, 6.45) is 0. The van der Waals surface area contributed by atoms with Crippen molar-refractivity contribution in [2.45, 2.75) is 0 Å². The summed E-state index contributed by atoms with van der Waals surface area (Å²) >= 11 is 1.60. The van der Waals surface area contributed by atoms with Gasteiger partial charge in [-0.1, -0.05) is 97.1 Å². The molecule has 7 heteroatoms. The van der Waals surface area contributed by atoms with Gasteiger partial charge in [-0.25, -0.2) is 9.97 Å². The van der Waals surface area contributed by atoms with E-state index in [0.717, 1.165) is 48.6 Å². The molecule has 0 spiro atoms. The number of rotatable bonds is 4. The van der Waals surface area contributed by atoms with Crippen molar-refractivity contribution in [1.82, 2.24) is 9.97 Å². The fourth-order valence-corrected chi connectivity index (χ4v) is 6.00. The molecule has 0 saturated carbocycles. The average molecular weight is 656 g/mol. The SMILES string of the molecule is Oc1ccc(-c2ccccc2)cc1-c1nc2ccccc2o1.Oc1ccc(-c2ccccc2)cc1-c1nc2ccccc2s1.[Zn]. The molecule has 45 heavy (non-hydrogen) atoms. The first-order valence-electron chi connectivity index (χ1n) is 14.1. The molecule has 2 heterocycles. The monoisotopic (exact) mass is 654 g/mol. The summed E-state index contributed by atoms with van der Waals surface area (Å²) in [6.45, 7) is 0. The second-order valence-electron chi connectivity index (χ2n) is 10.2. The fourth-order valence-electron chi connectivity index (χ4n) is 5.01. The maximum absolute atomic E-state index is 10.2. The van der Waals surface area contributed by atoms with Gasteiger partial charge < -0.3 is 14.6 Å². The molecule has 0 fully saturated rings. The molecule has 0 atom stereocenters. The number of para-hydroxylation sites is 3. The van der Waals surface area contributed by atoms with Crippen LogP contribution in [-0.2, 0) is 19.5 Å². The average Bonchev–Trinajstić information content (AvgIpc) is 3.71. The molecule has 214 valence electrons. The van der Waals surface area contributed by atoms with E-state index < -0.39 is 0 Å². The van der Waals surface area contributed by atoms with E-state index in [9.17, 15) is 10.2 Å². The van der Waals surface area contributed by atoms with Crippen molar-refractivity contribution >= 4 is 32.7 Å². The molecule has 0 saturated heterocycles. The summed E-state index contributed by atoms with van der Waals surface area (Å²) in [6, 6.07) is 46.9. The third-order valence-corrected chi connectivity index (χ3v) is 8.33. The van der Waals surface area contributed by atoms with Crippen molar-refractivity contribution in [2.24, 2.45) is 0 Å². The Hall–Kier alpha value is -5.10. The van der Waals surface area contributed by atoms with Gasteiger partial charge in [0, 0.05) is 19.5 Å². The summed E-state index contributed by atoms with van der Waals surface area (Å²) < 4.78 is 6.88. The summed E-state index contributed by atoms with van der Waals surface area (Å²) in [5.74, 6) is 0.849. The molecule has 0 amide bonds. The molecule has 0 unspecified atom stereocenters. The van der Waals surface area contributed by atoms with Gasteiger partial charge in [-0.05, 0) is 70.8 Å². The van der Waals surface area contributed by atoms with Gasteiger partial charge in [-0.3, -0.25) is 0 Å². The second-order valence-corrected chi connectivity index (χ2v) is 11.2. The van der Waals surface area contributed by atoms with Crippen LogP contribution >= 0.6 is 11.3 Å². The van der Waals surface area contributed by atoms with Gasteiger partial charge in [0.05, 0.1) is 21.3 Å². The van der Waals surface area contributed by atoms with Crippen LogP contribution in [0.15, 0.2) is 150 Å². The van der Waals surface area contributed by atoms with E-state index >= 15 is 0 Å².